The van der Waals surface area contributed by atoms with Gasteiger partial charge in [-0.15, -0.1) is 12.4 Å². The smallest absolute Gasteiger partial charge is 0.0534 e. The van der Waals surface area contributed by atoms with Crippen LogP contribution in [0.3, 0.4) is 0 Å². The molecule has 0 bridgehead atoms. The second-order valence-corrected chi connectivity index (χ2v) is 3.55. The minimum absolute atomic E-state index is 0. The first-order valence-corrected chi connectivity index (χ1v) is 4.60. The van der Waals surface area contributed by atoms with E-state index in [0.29, 0.717) is 6.54 Å². The summed E-state index contributed by atoms with van der Waals surface area (Å²) in [5, 5.41) is 4.22. The molecule has 2 N–H and O–H groups in total. The highest BCUT2D eigenvalue weighted by atomic mass is 35.5. The van der Waals surface area contributed by atoms with Gasteiger partial charge in [-0.05, 0) is 12.3 Å². The van der Waals surface area contributed by atoms with Gasteiger partial charge in [-0.1, -0.05) is 12.8 Å². The molecule has 1 aromatic rings. The van der Waals surface area contributed by atoms with Crippen LogP contribution in [0.25, 0.3) is 0 Å². The summed E-state index contributed by atoms with van der Waals surface area (Å²) in [5.41, 5.74) is 6.61. The van der Waals surface area contributed by atoms with Gasteiger partial charge in [-0.3, -0.25) is 4.68 Å². The lowest BCUT2D eigenvalue weighted by Crippen LogP contribution is -1.99. The van der Waals surface area contributed by atoms with Gasteiger partial charge in [-0.25, -0.2) is 0 Å². The Kier molecular flexibility index (Phi) is 3.75. The monoisotopic (exact) mass is 201 g/mol. The number of halogens is 1. The molecule has 13 heavy (non-hydrogen) atoms. The van der Waals surface area contributed by atoms with Gasteiger partial charge in [0.05, 0.1) is 6.20 Å². The Morgan fingerprint density at radius 3 is 2.85 bits per heavy atom. The number of hydrogen-bond acceptors (Lipinski definition) is 2. The Labute approximate surface area is 84.7 Å². The third-order valence-electron chi connectivity index (χ3n) is 2.39. The number of nitrogens with zero attached hydrogens (tertiary/aromatic N) is 2. The molecule has 0 radical (unpaired) electrons. The fourth-order valence-corrected chi connectivity index (χ4v) is 1.36. The molecule has 74 valence electrons. The lowest BCUT2D eigenvalue weighted by Gasteiger charge is -1.97. The van der Waals surface area contributed by atoms with Gasteiger partial charge < -0.3 is 5.73 Å². The zero-order chi connectivity index (χ0) is 8.39. The fraction of sp³-hybridized carbons (Fsp3) is 0.667. The van der Waals surface area contributed by atoms with Crippen LogP contribution >= 0.6 is 12.4 Å². The summed E-state index contributed by atoms with van der Waals surface area (Å²) < 4.78 is 2.00. The van der Waals surface area contributed by atoms with Crippen LogP contribution < -0.4 is 5.73 Å². The van der Waals surface area contributed by atoms with Crippen molar-refractivity contribution in [3.05, 3.63) is 18.0 Å². The van der Waals surface area contributed by atoms with Crippen LogP contribution in [0.2, 0.25) is 0 Å². The van der Waals surface area contributed by atoms with Crippen LogP contribution in [-0.4, -0.2) is 9.78 Å². The largest absolute Gasteiger partial charge is 0.326 e. The molecule has 0 spiro atoms. The molecule has 0 amide bonds. The van der Waals surface area contributed by atoms with Gasteiger partial charge in [0.15, 0.2) is 0 Å². The molecule has 2 rings (SSSR count). The van der Waals surface area contributed by atoms with Crippen LogP contribution in [-0.2, 0) is 13.1 Å². The SMILES string of the molecule is Cl.NCc1cnn(CCC2CC2)c1. The van der Waals surface area contributed by atoms with Gasteiger partial charge in [0, 0.05) is 24.8 Å². The predicted molar refractivity (Wildman–Crippen MR) is 54.7 cm³/mol. The van der Waals surface area contributed by atoms with Crippen molar-refractivity contribution in [3.63, 3.8) is 0 Å². The second-order valence-electron chi connectivity index (χ2n) is 3.55. The number of rotatable bonds is 4. The van der Waals surface area contributed by atoms with E-state index in [1.807, 2.05) is 17.1 Å². The molecule has 1 saturated carbocycles. The zero-order valence-electron chi connectivity index (χ0n) is 7.65. The van der Waals surface area contributed by atoms with Crippen molar-refractivity contribution in [3.8, 4) is 0 Å². The molecule has 4 heteroatoms. The highest BCUT2D eigenvalue weighted by molar-refractivity contribution is 5.85. The van der Waals surface area contributed by atoms with E-state index in [0.717, 1.165) is 18.0 Å². The van der Waals surface area contributed by atoms with Gasteiger partial charge >= 0.3 is 0 Å². The summed E-state index contributed by atoms with van der Waals surface area (Å²) in [6.07, 6.45) is 8.02. The highest BCUT2D eigenvalue weighted by Gasteiger charge is 2.20. The molecule has 3 nitrogen and oxygen atoms in total. The average Bonchev–Trinajstić information content (AvgIpc) is 2.81. The quantitative estimate of drug-likeness (QED) is 0.804. The lowest BCUT2D eigenvalue weighted by molar-refractivity contribution is 0.546. The number of nitrogens with two attached hydrogens (primary N) is 1. The van der Waals surface area contributed by atoms with Crippen LogP contribution in [0, 0.1) is 5.92 Å². The van der Waals surface area contributed by atoms with E-state index in [4.69, 9.17) is 5.73 Å². The van der Waals surface area contributed by atoms with Gasteiger partial charge in [-0.2, -0.15) is 5.10 Å². The van der Waals surface area contributed by atoms with E-state index in [-0.39, 0.29) is 12.4 Å². The van der Waals surface area contributed by atoms with Crippen molar-refractivity contribution in [2.24, 2.45) is 11.7 Å². The Hall–Kier alpha value is -0.540. The molecular weight excluding hydrogens is 186 g/mol. The maximum Gasteiger partial charge on any atom is 0.0534 e. The van der Waals surface area contributed by atoms with E-state index in [9.17, 15) is 0 Å². The summed E-state index contributed by atoms with van der Waals surface area (Å²) in [5.74, 6) is 0.982. The molecule has 0 atom stereocenters. The summed E-state index contributed by atoms with van der Waals surface area (Å²) in [7, 11) is 0. The maximum absolute atomic E-state index is 5.48. The standard InChI is InChI=1S/C9H15N3.ClH/c10-5-9-6-11-12(7-9)4-3-8-1-2-8;/h6-8H,1-5,10H2;1H. The Balaban J connectivity index is 0.000000845. The molecule has 0 unspecified atom stereocenters. The molecule has 1 fully saturated rings. The Morgan fingerprint density at radius 2 is 2.31 bits per heavy atom. The topological polar surface area (TPSA) is 43.8 Å². The number of aromatic nitrogens is 2. The van der Waals surface area contributed by atoms with E-state index >= 15 is 0 Å². The molecule has 1 heterocycles. The molecular formula is C9H16ClN3. The van der Waals surface area contributed by atoms with Crippen molar-refractivity contribution >= 4 is 12.4 Å². The number of hydrogen-bond donors (Lipinski definition) is 1. The van der Waals surface area contributed by atoms with Crippen LogP contribution in [0.5, 0.6) is 0 Å². The van der Waals surface area contributed by atoms with E-state index in [1.54, 1.807) is 0 Å². The molecule has 1 aromatic heterocycles. The molecule has 0 aliphatic heterocycles. The second kappa shape index (κ2) is 4.63. The van der Waals surface area contributed by atoms with E-state index in [2.05, 4.69) is 5.10 Å². The third-order valence-corrected chi connectivity index (χ3v) is 2.39. The van der Waals surface area contributed by atoms with E-state index in [1.165, 1.54) is 19.3 Å². The van der Waals surface area contributed by atoms with Crippen molar-refractivity contribution in [1.29, 1.82) is 0 Å². The van der Waals surface area contributed by atoms with Crippen LogP contribution in [0.1, 0.15) is 24.8 Å². The van der Waals surface area contributed by atoms with Crippen LogP contribution in [0.4, 0.5) is 0 Å². The highest BCUT2D eigenvalue weighted by Crippen LogP contribution is 2.32. The Morgan fingerprint density at radius 1 is 1.54 bits per heavy atom. The minimum atomic E-state index is 0. The van der Waals surface area contributed by atoms with E-state index < -0.39 is 0 Å². The summed E-state index contributed by atoms with van der Waals surface area (Å²) >= 11 is 0. The third kappa shape index (κ3) is 3.01. The van der Waals surface area contributed by atoms with Crippen molar-refractivity contribution < 1.29 is 0 Å². The fourth-order valence-electron chi connectivity index (χ4n) is 1.36. The van der Waals surface area contributed by atoms with Crippen molar-refractivity contribution in [2.75, 3.05) is 0 Å². The average molecular weight is 202 g/mol. The molecule has 0 saturated heterocycles. The molecule has 1 aliphatic rings. The first-order valence-electron chi connectivity index (χ1n) is 4.60. The van der Waals surface area contributed by atoms with Crippen molar-refractivity contribution in [1.82, 2.24) is 9.78 Å². The minimum Gasteiger partial charge on any atom is -0.326 e. The summed E-state index contributed by atoms with van der Waals surface area (Å²) in [6, 6.07) is 0. The van der Waals surface area contributed by atoms with Gasteiger partial charge in [0.25, 0.3) is 0 Å². The van der Waals surface area contributed by atoms with Crippen LogP contribution in [0.15, 0.2) is 12.4 Å². The Bertz CT molecular complexity index is 255. The summed E-state index contributed by atoms with van der Waals surface area (Å²) in [6.45, 7) is 1.66. The van der Waals surface area contributed by atoms with Crippen molar-refractivity contribution in [2.45, 2.75) is 32.4 Å². The molecule has 0 aromatic carbocycles. The number of aryl methyl sites for hydroxylation is 1. The van der Waals surface area contributed by atoms with Gasteiger partial charge in [0.1, 0.15) is 0 Å². The maximum atomic E-state index is 5.48. The zero-order valence-corrected chi connectivity index (χ0v) is 8.46. The lowest BCUT2D eigenvalue weighted by atomic mass is 10.3. The predicted octanol–water partition coefficient (Wildman–Crippen LogP) is 1.56. The first kappa shape index (κ1) is 10.5. The van der Waals surface area contributed by atoms with Gasteiger partial charge in [0.2, 0.25) is 0 Å². The summed E-state index contributed by atoms with van der Waals surface area (Å²) in [4.78, 5) is 0. The normalized spacial score (nSPS) is 15.5. The first-order chi connectivity index (χ1) is 5.88. The molecule has 1 aliphatic carbocycles.